The first-order valence-electron chi connectivity index (χ1n) is 10.2. The summed E-state index contributed by atoms with van der Waals surface area (Å²) in [6.45, 7) is 7.90. The summed E-state index contributed by atoms with van der Waals surface area (Å²) in [5, 5.41) is 0. The van der Waals surface area contributed by atoms with E-state index in [2.05, 4.69) is 45.0 Å². The second kappa shape index (κ2) is 9.68. The van der Waals surface area contributed by atoms with E-state index in [1.54, 1.807) is 0 Å². The minimum atomic E-state index is 0.446. The van der Waals surface area contributed by atoms with Crippen LogP contribution in [0.2, 0.25) is 0 Å². The van der Waals surface area contributed by atoms with Crippen molar-refractivity contribution in [1.82, 2.24) is 4.98 Å². The molecule has 0 saturated carbocycles. The van der Waals surface area contributed by atoms with Crippen molar-refractivity contribution in [2.75, 3.05) is 0 Å². The molecule has 3 aromatic rings. The number of rotatable bonds is 8. The average molecular weight is 390 g/mol. The summed E-state index contributed by atoms with van der Waals surface area (Å²) >= 11 is 0. The molecule has 3 rings (SSSR count). The summed E-state index contributed by atoms with van der Waals surface area (Å²) in [6.07, 6.45) is 0.904. The highest BCUT2D eigenvalue weighted by Crippen LogP contribution is 2.33. The van der Waals surface area contributed by atoms with Crippen LogP contribution in [0.3, 0.4) is 0 Å². The van der Waals surface area contributed by atoms with Gasteiger partial charge in [0.05, 0.1) is 0 Å². The third-order valence-electron chi connectivity index (χ3n) is 5.10. The van der Waals surface area contributed by atoms with E-state index in [4.69, 9.17) is 21.2 Å². The Hall–Kier alpha value is -2.69. The molecule has 1 aromatic heterocycles. The van der Waals surface area contributed by atoms with Gasteiger partial charge in [-0.3, -0.25) is 4.98 Å². The standard InChI is InChI=1S/C25H31N3O/c1-17(2)13-24-22(15-27)25(20-11-9-19(14-26)10-12-20)23(18(3)28-24)16-29-21-7-5-4-6-8-21/h4-12,17H,13-16,26-27H2,1-3H3. The van der Waals surface area contributed by atoms with Gasteiger partial charge in [-0.25, -0.2) is 0 Å². The van der Waals surface area contributed by atoms with Crippen LogP contribution >= 0.6 is 0 Å². The lowest BCUT2D eigenvalue weighted by atomic mass is 9.90. The highest BCUT2D eigenvalue weighted by Gasteiger charge is 2.19. The van der Waals surface area contributed by atoms with Crippen molar-refractivity contribution < 1.29 is 4.74 Å². The van der Waals surface area contributed by atoms with Crippen molar-refractivity contribution in [3.05, 3.63) is 82.7 Å². The SMILES string of the molecule is Cc1nc(CC(C)C)c(CN)c(-c2ccc(CN)cc2)c1COc1ccccc1. The number of pyridine rings is 1. The van der Waals surface area contributed by atoms with Crippen LogP contribution in [-0.4, -0.2) is 4.98 Å². The van der Waals surface area contributed by atoms with Crippen LogP contribution < -0.4 is 16.2 Å². The van der Waals surface area contributed by atoms with Gasteiger partial charge in [0, 0.05) is 30.0 Å². The van der Waals surface area contributed by atoms with Gasteiger partial charge in [-0.1, -0.05) is 56.3 Å². The number of benzene rings is 2. The number of aryl methyl sites for hydroxylation is 1. The minimum Gasteiger partial charge on any atom is -0.489 e. The van der Waals surface area contributed by atoms with Gasteiger partial charge in [0.25, 0.3) is 0 Å². The zero-order valence-electron chi connectivity index (χ0n) is 17.6. The fourth-order valence-corrected chi connectivity index (χ4v) is 3.62. The largest absolute Gasteiger partial charge is 0.489 e. The summed E-state index contributed by atoms with van der Waals surface area (Å²) in [5.74, 6) is 1.35. The van der Waals surface area contributed by atoms with Crippen molar-refractivity contribution in [2.45, 2.75) is 46.9 Å². The van der Waals surface area contributed by atoms with Crippen molar-refractivity contribution in [1.29, 1.82) is 0 Å². The average Bonchev–Trinajstić information content (AvgIpc) is 2.73. The Morgan fingerprint density at radius 3 is 2.17 bits per heavy atom. The zero-order chi connectivity index (χ0) is 20.8. The van der Waals surface area contributed by atoms with E-state index in [-0.39, 0.29) is 0 Å². The zero-order valence-corrected chi connectivity index (χ0v) is 17.6. The maximum atomic E-state index is 6.25. The molecule has 0 atom stereocenters. The van der Waals surface area contributed by atoms with E-state index in [1.165, 1.54) is 0 Å². The molecule has 2 aromatic carbocycles. The lowest BCUT2D eigenvalue weighted by molar-refractivity contribution is 0.305. The normalized spacial score (nSPS) is 11.1. The van der Waals surface area contributed by atoms with E-state index in [1.807, 2.05) is 30.3 Å². The lowest BCUT2D eigenvalue weighted by Crippen LogP contribution is -2.14. The molecule has 0 fully saturated rings. The monoisotopic (exact) mass is 389 g/mol. The van der Waals surface area contributed by atoms with Crippen molar-refractivity contribution in [2.24, 2.45) is 17.4 Å². The molecule has 4 nitrogen and oxygen atoms in total. The third kappa shape index (κ3) is 5.03. The number of nitrogens with zero attached hydrogens (tertiary/aromatic N) is 1. The Labute approximate surface area is 173 Å². The van der Waals surface area contributed by atoms with Crippen LogP contribution in [0.4, 0.5) is 0 Å². The van der Waals surface area contributed by atoms with Crippen molar-refractivity contribution in [3.8, 4) is 16.9 Å². The first-order valence-corrected chi connectivity index (χ1v) is 10.2. The fourth-order valence-electron chi connectivity index (χ4n) is 3.62. The molecule has 0 aliphatic rings. The molecule has 29 heavy (non-hydrogen) atoms. The maximum absolute atomic E-state index is 6.25. The molecule has 0 unspecified atom stereocenters. The molecule has 4 heteroatoms. The Bertz CT molecular complexity index is 935. The van der Waals surface area contributed by atoms with Crippen LogP contribution in [0.1, 0.15) is 41.9 Å². The molecule has 1 heterocycles. The Balaban J connectivity index is 2.11. The number of hydrogen-bond donors (Lipinski definition) is 2. The highest BCUT2D eigenvalue weighted by molar-refractivity contribution is 5.73. The van der Waals surface area contributed by atoms with Gasteiger partial charge in [0.1, 0.15) is 12.4 Å². The Morgan fingerprint density at radius 2 is 1.59 bits per heavy atom. The molecule has 4 N–H and O–H groups in total. The van der Waals surface area contributed by atoms with Crippen LogP contribution in [0.5, 0.6) is 5.75 Å². The quantitative estimate of drug-likeness (QED) is 0.583. The number of para-hydroxylation sites is 1. The van der Waals surface area contributed by atoms with Crippen molar-refractivity contribution >= 4 is 0 Å². The molecule has 0 spiro atoms. The Kier molecular flexibility index (Phi) is 7.02. The second-order valence-electron chi connectivity index (χ2n) is 7.78. The van der Waals surface area contributed by atoms with Gasteiger partial charge in [0.15, 0.2) is 0 Å². The van der Waals surface area contributed by atoms with Gasteiger partial charge < -0.3 is 16.2 Å². The topological polar surface area (TPSA) is 74.2 Å². The van der Waals surface area contributed by atoms with E-state index in [0.717, 1.165) is 51.4 Å². The third-order valence-corrected chi connectivity index (χ3v) is 5.10. The van der Waals surface area contributed by atoms with E-state index in [9.17, 15) is 0 Å². The molecule has 0 radical (unpaired) electrons. The summed E-state index contributed by atoms with van der Waals surface area (Å²) in [5.41, 5.74) is 19.7. The summed E-state index contributed by atoms with van der Waals surface area (Å²) < 4.78 is 6.10. The Morgan fingerprint density at radius 1 is 0.897 bits per heavy atom. The van der Waals surface area contributed by atoms with Gasteiger partial charge in [0.2, 0.25) is 0 Å². The highest BCUT2D eigenvalue weighted by atomic mass is 16.5. The molecular weight excluding hydrogens is 358 g/mol. The van der Waals surface area contributed by atoms with Crippen LogP contribution in [0, 0.1) is 12.8 Å². The van der Waals surface area contributed by atoms with Crippen LogP contribution in [-0.2, 0) is 26.1 Å². The molecule has 0 bridgehead atoms. The van der Waals surface area contributed by atoms with Gasteiger partial charge in [-0.15, -0.1) is 0 Å². The predicted octanol–water partition coefficient (Wildman–Crippen LogP) is 4.75. The number of aromatic nitrogens is 1. The van der Waals surface area contributed by atoms with Gasteiger partial charge in [-0.05, 0) is 53.6 Å². The predicted molar refractivity (Wildman–Crippen MR) is 120 cm³/mol. The molecule has 0 aliphatic carbocycles. The fraction of sp³-hybridized carbons (Fsp3) is 0.320. The van der Waals surface area contributed by atoms with Crippen molar-refractivity contribution in [3.63, 3.8) is 0 Å². The van der Waals surface area contributed by atoms with E-state index in [0.29, 0.717) is 25.6 Å². The summed E-state index contributed by atoms with van der Waals surface area (Å²) in [6, 6.07) is 18.3. The molecule has 0 aliphatic heterocycles. The van der Waals surface area contributed by atoms with E-state index >= 15 is 0 Å². The molecule has 0 amide bonds. The number of hydrogen-bond acceptors (Lipinski definition) is 4. The summed E-state index contributed by atoms with van der Waals surface area (Å²) in [7, 11) is 0. The van der Waals surface area contributed by atoms with Gasteiger partial charge in [-0.2, -0.15) is 0 Å². The number of ether oxygens (including phenoxy) is 1. The van der Waals surface area contributed by atoms with E-state index < -0.39 is 0 Å². The molecule has 152 valence electrons. The minimum absolute atomic E-state index is 0.446. The second-order valence-corrected chi connectivity index (χ2v) is 7.78. The first kappa shape index (κ1) is 21.0. The van der Waals surface area contributed by atoms with Gasteiger partial charge >= 0.3 is 0 Å². The lowest BCUT2D eigenvalue weighted by Gasteiger charge is -2.21. The van der Waals surface area contributed by atoms with Crippen LogP contribution in [0.25, 0.3) is 11.1 Å². The smallest absolute Gasteiger partial charge is 0.119 e. The first-order chi connectivity index (χ1) is 14.0. The molecular formula is C25H31N3O. The number of nitrogens with two attached hydrogens (primary N) is 2. The summed E-state index contributed by atoms with van der Waals surface area (Å²) in [4.78, 5) is 4.94. The van der Waals surface area contributed by atoms with Crippen LogP contribution in [0.15, 0.2) is 54.6 Å². The molecule has 0 saturated heterocycles. The maximum Gasteiger partial charge on any atom is 0.119 e.